The molecule has 0 aromatic heterocycles. The van der Waals surface area contributed by atoms with E-state index in [1.165, 1.54) is 29.2 Å². The van der Waals surface area contributed by atoms with E-state index < -0.39 is 23.5 Å². The zero-order valence-corrected chi connectivity index (χ0v) is 18.0. The summed E-state index contributed by atoms with van der Waals surface area (Å²) in [5, 5.41) is 11.0. The van der Waals surface area contributed by atoms with Gasteiger partial charge in [-0.15, -0.1) is 0 Å². The van der Waals surface area contributed by atoms with Crippen molar-refractivity contribution in [2.45, 2.75) is 19.4 Å². The molecule has 1 saturated heterocycles. The molecular formula is C24H27FN2O4. The average molecular weight is 426 g/mol. The van der Waals surface area contributed by atoms with E-state index in [0.717, 1.165) is 6.54 Å². The Morgan fingerprint density at radius 3 is 2.32 bits per heavy atom. The topological polar surface area (TPSA) is 70.1 Å². The first kappa shape index (κ1) is 22.5. The molecule has 0 spiro atoms. The van der Waals surface area contributed by atoms with Gasteiger partial charge in [-0.1, -0.05) is 12.1 Å². The average Bonchev–Trinajstić information content (AvgIpc) is 2.99. The number of hydrogen-bond acceptors (Lipinski definition) is 5. The van der Waals surface area contributed by atoms with Crippen molar-refractivity contribution in [1.82, 2.24) is 9.80 Å². The first-order chi connectivity index (χ1) is 14.8. The Kier molecular flexibility index (Phi) is 7.07. The third-order valence-electron chi connectivity index (χ3n) is 5.17. The maximum atomic E-state index is 13.5. The molecule has 1 atom stereocenters. The molecule has 7 heteroatoms. The zero-order chi connectivity index (χ0) is 22.5. The van der Waals surface area contributed by atoms with Gasteiger partial charge >= 0.3 is 0 Å². The molecule has 0 aliphatic carbocycles. The Balaban J connectivity index is 2.04. The Bertz CT molecular complexity index is 968. The number of ketones is 1. The van der Waals surface area contributed by atoms with Crippen molar-refractivity contribution in [3.8, 4) is 5.75 Å². The lowest BCUT2D eigenvalue weighted by molar-refractivity contribution is -0.139. The van der Waals surface area contributed by atoms with E-state index in [0.29, 0.717) is 36.4 Å². The molecule has 1 aliphatic rings. The third-order valence-corrected chi connectivity index (χ3v) is 5.17. The summed E-state index contributed by atoms with van der Waals surface area (Å²) in [4.78, 5) is 29.2. The summed E-state index contributed by atoms with van der Waals surface area (Å²) < 4.78 is 18.9. The lowest BCUT2D eigenvalue weighted by Crippen LogP contribution is -2.32. The molecule has 164 valence electrons. The van der Waals surface area contributed by atoms with Crippen LogP contribution in [0.25, 0.3) is 5.76 Å². The zero-order valence-electron chi connectivity index (χ0n) is 18.0. The van der Waals surface area contributed by atoms with E-state index in [4.69, 9.17) is 4.74 Å². The van der Waals surface area contributed by atoms with Gasteiger partial charge in [0.2, 0.25) is 0 Å². The number of ether oxygens (including phenoxy) is 1. The Labute approximate surface area is 181 Å². The summed E-state index contributed by atoms with van der Waals surface area (Å²) in [5.74, 6) is -1.45. The number of benzene rings is 2. The summed E-state index contributed by atoms with van der Waals surface area (Å²) in [6, 6.07) is 11.5. The molecule has 0 saturated carbocycles. The maximum absolute atomic E-state index is 13.5. The molecule has 2 aromatic carbocycles. The van der Waals surface area contributed by atoms with Crippen LogP contribution in [-0.2, 0) is 9.59 Å². The van der Waals surface area contributed by atoms with Gasteiger partial charge in [-0.3, -0.25) is 9.59 Å². The standard InChI is InChI=1S/C24H27FN2O4/c1-4-31-19-12-8-17(9-13-19)22(28)20-21(16-6-10-18(25)11-7-16)27(24(30)23(20)29)15-5-14-26(2)3/h6-13,21,28H,4-5,14-15H2,1-3H3/b22-20-. The van der Waals surface area contributed by atoms with Crippen LogP contribution in [0, 0.1) is 5.82 Å². The van der Waals surface area contributed by atoms with Crippen molar-refractivity contribution >= 4 is 17.4 Å². The number of rotatable bonds is 8. The highest BCUT2D eigenvalue weighted by molar-refractivity contribution is 6.46. The minimum absolute atomic E-state index is 0.00520. The van der Waals surface area contributed by atoms with Crippen LogP contribution in [0.1, 0.15) is 30.5 Å². The van der Waals surface area contributed by atoms with Crippen LogP contribution >= 0.6 is 0 Å². The summed E-state index contributed by atoms with van der Waals surface area (Å²) in [6.45, 7) is 3.45. The van der Waals surface area contributed by atoms with Crippen LogP contribution in [0.4, 0.5) is 4.39 Å². The highest BCUT2D eigenvalue weighted by Gasteiger charge is 2.45. The number of hydrogen-bond donors (Lipinski definition) is 1. The van der Waals surface area contributed by atoms with E-state index in [9.17, 15) is 19.1 Å². The molecule has 6 nitrogen and oxygen atoms in total. The monoisotopic (exact) mass is 426 g/mol. The Morgan fingerprint density at radius 1 is 1.10 bits per heavy atom. The molecule has 3 rings (SSSR count). The van der Waals surface area contributed by atoms with Gasteiger partial charge in [-0.2, -0.15) is 0 Å². The normalized spacial score (nSPS) is 18.1. The van der Waals surface area contributed by atoms with Gasteiger partial charge in [0, 0.05) is 12.1 Å². The summed E-state index contributed by atoms with van der Waals surface area (Å²) >= 11 is 0. The van der Waals surface area contributed by atoms with Crippen molar-refractivity contribution in [1.29, 1.82) is 0 Å². The molecular weight excluding hydrogens is 399 g/mol. The van der Waals surface area contributed by atoms with Crippen LogP contribution in [0.3, 0.4) is 0 Å². The van der Waals surface area contributed by atoms with Gasteiger partial charge in [0.15, 0.2) is 0 Å². The van der Waals surface area contributed by atoms with Gasteiger partial charge < -0.3 is 19.6 Å². The highest BCUT2D eigenvalue weighted by Crippen LogP contribution is 2.39. The lowest BCUT2D eigenvalue weighted by atomic mass is 9.95. The molecule has 0 radical (unpaired) electrons. The second kappa shape index (κ2) is 9.75. The van der Waals surface area contributed by atoms with Crippen molar-refractivity contribution in [3.63, 3.8) is 0 Å². The van der Waals surface area contributed by atoms with Crippen molar-refractivity contribution in [2.75, 3.05) is 33.8 Å². The number of amides is 1. The largest absolute Gasteiger partial charge is 0.507 e. The van der Waals surface area contributed by atoms with Crippen LogP contribution in [-0.4, -0.2) is 60.4 Å². The van der Waals surface area contributed by atoms with Crippen molar-refractivity contribution in [3.05, 3.63) is 71.0 Å². The van der Waals surface area contributed by atoms with Crippen LogP contribution in [0.5, 0.6) is 5.75 Å². The Hall–Kier alpha value is -3.19. The number of aliphatic hydroxyl groups is 1. The second-order valence-corrected chi connectivity index (χ2v) is 7.66. The molecule has 31 heavy (non-hydrogen) atoms. The van der Waals surface area contributed by atoms with E-state index >= 15 is 0 Å². The third kappa shape index (κ3) is 4.94. The van der Waals surface area contributed by atoms with Crippen molar-refractivity contribution in [2.24, 2.45) is 0 Å². The van der Waals surface area contributed by atoms with Gasteiger partial charge in [0.25, 0.3) is 11.7 Å². The predicted octanol–water partition coefficient (Wildman–Crippen LogP) is 3.60. The SMILES string of the molecule is CCOc1ccc(/C(O)=C2/C(=O)C(=O)N(CCCN(C)C)C2c2ccc(F)cc2)cc1. The molecule has 2 aromatic rings. The van der Waals surface area contributed by atoms with Gasteiger partial charge in [0.05, 0.1) is 18.2 Å². The van der Waals surface area contributed by atoms with E-state index in [1.54, 1.807) is 24.3 Å². The Morgan fingerprint density at radius 2 is 1.74 bits per heavy atom. The van der Waals surface area contributed by atoms with E-state index in [2.05, 4.69) is 0 Å². The van der Waals surface area contributed by atoms with Crippen LogP contribution < -0.4 is 4.74 Å². The van der Waals surface area contributed by atoms with Crippen molar-refractivity contribution < 1.29 is 23.8 Å². The summed E-state index contributed by atoms with van der Waals surface area (Å²) in [5.41, 5.74) is 0.977. The van der Waals surface area contributed by atoms with E-state index in [-0.39, 0.29) is 11.3 Å². The smallest absolute Gasteiger partial charge is 0.295 e. The fourth-order valence-electron chi connectivity index (χ4n) is 3.69. The number of carbonyl (C=O) groups is 2. The molecule has 1 amide bonds. The first-order valence-electron chi connectivity index (χ1n) is 10.2. The lowest BCUT2D eigenvalue weighted by Gasteiger charge is -2.26. The fourth-order valence-corrected chi connectivity index (χ4v) is 3.69. The number of Topliss-reactive ketones (excluding diaryl/α,β-unsaturated/α-hetero) is 1. The van der Waals surface area contributed by atoms with Gasteiger partial charge in [-0.25, -0.2) is 4.39 Å². The molecule has 1 fully saturated rings. The fraction of sp³-hybridized carbons (Fsp3) is 0.333. The quantitative estimate of drug-likeness (QED) is 0.397. The number of nitrogens with zero attached hydrogens (tertiary/aromatic N) is 2. The van der Waals surface area contributed by atoms with Gasteiger partial charge in [-0.05, 0) is 75.9 Å². The first-order valence-corrected chi connectivity index (χ1v) is 10.2. The molecule has 1 N–H and O–H groups in total. The van der Waals surface area contributed by atoms with Gasteiger partial charge in [0.1, 0.15) is 17.3 Å². The maximum Gasteiger partial charge on any atom is 0.295 e. The molecule has 1 heterocycles. The minimum atomic E-state index is -0.783. The van der Waals surface area contributed by atoms with Crippen LogP contribution in [0.2, 0.25) is 0 Å². The van der Waals surface area contributed by atoms with Crippen LogP contribution in [0.15, 0.2) is 54.1 Å². The molecule has 1 aliphatic heterocycles. The second-order valence-electron chi connectivity index (χ2n) is 7.66. The highest BCUT2D eigenvalue weighted by atomic mass is 19.1. The van der Waals surface area contributed by atoms with E-state index in [1.807, 2.05) is 25.9 Å². The summed E-state index contributed by atoms with van der Waals surface area (Å²) in [7, 11) is 3.86. The summed E-state index contributed by atoms with van der Waals surface area (Å²) in [6.07, 6.45) is 0.654. The number of likely N-dealkylation sites (tertiary alicyclic amines) is 1. The predicted molar refractivity (Wildman–Crippen MR) is 116 cm³/mol. The molecule has 1 unspecified atom stereocenters. The molecule has 0 bridgehead atoms. The number of carbonyl (C=O) groups excluding carboxylic acids is 2. The minimum Gasteiger partial charge on any atom is -0.507 e. The number of aliphatic hydroxyl groups excluding tert-OH is 1. The number of halogens is 1.